The molecule has 4 rings (SSSR count). The predicted octanol–water partition coefficient (Wildman–Crippen LogP) is 6.17. The third kappa shape index (κ3) is 4.98. The van der Waals surface area contributed by atoms with Gasteiger partial charge >= 0.3 is 0 Å². The minimum atomic E-state index is -0.617. The summed E-state index contributed by atoms with van der Waals surface area (Å²) in [5.74, 6) is -0.680. The lowest BCUT2D eigenvalue weighted by Gasteiger charge is -2.35. The van der Waals surface area contributed by atoms with Gasteiger partial charge in [-0.05, 0) is 30.7 Å². The molecule has 0 fully saturated rings. The second-order valence-corrected chi connectivity index (χ2v) is 8.87. The SMILES string of the molecule is CCCN(C(=O)c1c(C[N+](C)(C)[O-])c(-c2ccccc2)nc2ccccc12)c1cccc(F)c1. The van der Waals surface area contributed by atoms with Gasteiger partial charge in [0.15, 0.2) is 0 Å². The number of para-hydroxylation sites is 1. The van der Waals surface area contributed by atoms with Crippen LogP contribution in [0.5, 0.6) is 0 Å². The molecule has 0 atom stereocenters. The van der Waals surface area contributed by atoms with Gasteiger partial charge in [-0.1, -0.05) is 61.5 Å². The summed E-state index contributed by atoms with van der Waals surface area (Å²) in [6.07, 6.45) is 0.690. The summed E-state index contributed by atoms with van der Waals surface area (Å²) < 4.78 is 13.5. The number of nitrogens with zero attached hydrogens (tertiary/aromatic N) is 3. The molecular weight excluding hydrogens is 429 g/mol. The van der Waals surface area contributed by atoms with Crippen molar-refractivity contribution in [2.75, 3.05) is 25.5 Å². The molecule has 0 saturated heterocycles. The van der Waals surface area contributed by atoms with E-state index in [0.29, 0.717) is 46.4 Å². The van der Waals surface area contributed by atoms with Gasteiger partial charge in [-0.15, -0.1) is 0 Å². The molecule has 0 N–H and O–H groups in total. The van der Waals surface area contributed by atoms with Crippen LogP contribution in [0.3, 0.4) is 0 Å². The zero-order chi connectivity index (χ0) is 24.3. The first-order valence-electron chi connectivity index (χ1n) is 11.4. The summed E-state index contributed by atoms with van der Waals surface area (Å²) in [4.78, 5) is 20.7. The number of hydroxylamine groups is 3. The van der Waals surface area contributed by atoms with Crippen molar-refractivity contribution in [1.82, 2.24) is 4.98 Å². The highest BCUT2D eigenvalue weighted by Gasteiger charge is 2.28. The number of halogens is 1. The molecule has 1 amide bonds. The lowest BCUT2D eigenvalue weighted by molar-refractivity contribution is -0.853. The van der Waals surface area contributed by atoms with Gasteiger partial charge in [-0.2, -0.15) is 0 Å². The maximum Gasteiger partial charge on any atom is 0.259 e. The lowest BCUT2D eigenvalue weighted by atomic mass is 9.95. The van der Waals surface area contributed by atoms with Gasteiger partial charge in [0.05, 0.1) is 30.9 Å². The number of hydrogen-bond donors (Lipinski definition) is 0. The number of anilines is 1. The number of fused-ring (bicyclic) bond motifs is 1. The lowest BCUT2D eigenvalue weighted by Crippen LogP contribution is -2.36. The summed E-state index contributed by atoms with van der Waals surface area (Å²) in [6, 6.07) is 23.1. The Labute approximate surface area is 199 Å². The van der Waals surface area contributed by atoms with Gasteiger partial charge in [0, 0.05) is 28.7 Å². The van der Waals surface area contributed by atoms with Gasteiger partial charge in [0.1, 0.15) is 12.4 Å². The molecule has 0 radical (unpaired) electrons. The first-order chi connectivity index (χ1) is 16.3. The molecule has 1 aromatic heterocycles. The Bertz CT molecular complexity index is 1320. The number of pyridine rings is 1. The molecule has 0 aliphatic heterocycles. The Hall–Kier alpha value is -3.61. The molecule has 174 valence electrons. The predicted molar refractivity (Wildman–Crippen MR) is 135 cm³/mol. The van der Waals surface area contributed by atoms with Crippen molar-refractivity contribution in [3.63, 3.8) is 0 Å². The van der Waals surface area contributed by atoms with Crippen LogP contribution < -0.4 is 4.90 Å². The molecule has 0 spiro atoms. The largest absolute Gasteiger partial charge is 0.633 e. The smallest absolute Gasteiger partial charge is 0.259 e. The van der Waals surface area contributed by atoms with E-state index < -0.39 is 10.5 Å². The van der Waals surface area contributed by atoms with Gasteiger partial charge in [0.25, 0.3) is 5.91 Å². The van der Waals surface area contributed by atoms with Crippen molar-refractivity contribution in [3.8, 4) is 11.3 Å². The Kier molecular flexibility index (Phi) is 6.72. The number of benzene rings is 3. The fraction of sp³-hybridized carbons (Fsp3) is 0.214. The number of carbonyl (C=O) groups excluding carboxylic acids is 1. The number of hydrogen-bond acceptors (Lipinski definition) is 3. The number of quaternary nitrogens is 1. The van der Waals surface area contributed by atoms with Gasteiger partial charge < -0.3 is 14.8 Å². The standard InChI is InChI=1S/C28H28FN3O2/c1-4-17-31(22-14-10-13-21(29)18-22)28(33)26-23-15-8-9-16-25(23)30-27(20-11-6-5-7-12-20)24(26)19-32(2,3)34/h5-16,18H,4,17,19H2,1-3H3. The van der Waals surface area contributed by atoms with E-state index in [1.807, 2.05) is 61.5 Å². The van der Waals surface area contributed by atoms with Gasteiger partial charge in [-0.3, -0.25) is 4.79 Å². The van der Waals surface area contributed by atoms with Crippen LogP contribution in [0.2, 0.25) is 0 Å². The molecular formula is C28H28FN3O2. The minimum Gasteiger partial charge on any atom is -0.633 e. The molecule has 34 heavy (non-hydrogen) atoms. The second-order valence-electron chi connectivity index (χ2n) is 8.87. The van der Waals surface area contributed by atoms with Crippen molar-refractivity contribution < 1.29 is 13.8 Å². The van der Waals surface area contributed by atoms with Crippen molar-refractivity contribution in [2.45, 2.75) is 19.9 Å². The van der Waals surface area contributed by atoms with E-state index in [2.05, 4.69) is 0 Å². The van der Waals surface area contributed by atoms with Crippen molar-refractivity contribution in [2.24, 2.45) is 0 Å². The van der Waals surface area contributed by atoms with E-state index in [1.54, 1.807) is 31.1 Å². The summed E-state index contributed by atoms with van der Waals surface area (Å²) in [6.45, 7) is 2.44. The average molecular weight is 458 g/mol. The van der Waals surface area contributed by atoms with Crippen LogP contribution in [-0.2, 0) is 6.54 Å². The van der Waals surface area contributed by atoms with Crippen LogP contribution in [0.1, 0.15) is 29.3 Å². The quantitative estimate of drug-likeness (QED) is 0.246. The van der Waals surface area contributed by atoms with E-state index in [9.17, 15) is 14.4 Å². The average Bonchev–Trinajstić information content (AvgIpc) is 2.81. The molecule has 4 aromatic rings. The topological polar surface area (TPSA) is 56.3 Å². The summed E-state index contributed by atoms with van der Waals surface area (Å²) >= 11 is 0. The second kappa shape index (κ2) is 9.71. The summed E-state index contributed by atoms with van der Waals surface area (Å²) in [7, 11) is 3.10. The zero-order valence-electron chi connectivity index (χ0n) is 19.7. The van der Waals surface area contributed by atoms with Crippen LogP contribution in [0.25, 0.3) is 22.2 Å². The summed E-state index contributed by atoms with van der Waals surface area (Å²) in [5.41, 5.74) is 3.62. The third-order valence-electron chi connectivity index (χ3n) is 5.61. The minimum absolute atomic E-state index is 0.0618. The zero-order valence-corrected chi connectivity index (χ0v) is 19.7. The highest BCUT2D eigenvalue weighted by Crippen LogP contribution is 2.34. The number of rotatable bonds is 7. The molecule has 6 heteroatoms. The number of carbonyl (C=O) groups is 1. The Morgan fingerprint density at radius 3 is 2.38 bits per heavy atom. The first kappa shape index (κ1) is 23.5. The van der Waals surface area contributed by atoms with Gasteiger partial charge in [0.2, 0.25) is 0 Å². The van der Waals surface area contributed by atoms with E-state index >= 15 is 0 Å². The van der Waals surface area contributed by atoms with Crippen LogP contribution in [0.4, 0.5) is 10.1 Å². The van der Waals surface area contributed by atoms with Gasteiger partial charge in [-0.25, -0.2) is 9.37 Å². The van der Waals surface area contributed by atoms with E-state index in [4.69, 9.17) is 4.98 Å². The molecule has 0 saturated carbocycles. The van der Waals surface area contributed by atoms with E-state index in [-0.39, 0.29) is 12.5 Å². The van der Waals surface area contributed by atoms with Crippen molar-refractivity contribution >= 4 is 22.5 Å². The monoisotopic (exact) mass is 457 g/mol. The third-order valence-corrected chi connectivity index (χ3v) is 5.61. The van der Waals surface area contributed by atoms with Crippen LogP contribution in [-0.4, -0.2) is 36.2 Å². The number of aromatic nitrogens is 1. The molecule has 0 unspecified atom stereocenters. The first-order valence-corrected chi connectivity index (χ1v) is 11.4. The van der Waals surface area contributed by atoms with E-state index in [0.717, 1.165) is 5.56 Å². The van der Waals surface area contributed by atoms with Crippen LogP contribution >= 0.6 is 0 Å². The highest BCUT2D eigenvalue weighted by atomic mass is 19.1. The van der Waals surface area contributed by atoms with E-state index in [1.165, 1.54) is 12.1 Å². The fourth-order valence-corrected chi connectivity index (χ4v) is 4.22. The molecule has 3 aromatic carbocycles. The molecule has 1 heterocycles. The Morgan fingerprint density at radius 1 is 1.00 bits per heavy atom. The van der Waals surface area contributed by atoms with Crippen molar-refractivity contribution in [3.05, 3.63) is 101 Å². The van der Waals surface area contributed by atoms with Crippen molar-refractivity contribution in [1.29, 1.82) is 0 Å². The molecule has 0 aliphatic rings. The normalized spacial score (nSPS) is 11.6. The molecule has 0 aliphatic carbocycles. The van der Waals surface area contributed by atoms with Crippen LogP contribution in [0.15, 0.2) is 78.9 Å². The molecule has 0 bridgehead atoms. The Balaban J connectivity index is 2.03. The Morgan fingerprint density at radius 2 is 1.71 bits per heavy atom. The molecule has 5 nitrogen and oxygen atoms in total. The highest BCUT2D eigenvalue weighted by molar-refractivity contribution is 6.15. The maximum absolute atomic E-state index is 14.2. The van der Waals surface area contributed by atoms with Crippen LogP contribution in [0, 0.1) is 11.0 Å². The maximum atomic E-state index is 14.2. The fourth-order valence-electron chi connectivity index (χ4n) is 4.22. The summed E-state index contributed by atoms with van der Waals surface area (Å²) in [5, 5.41) is 13.6. The number of amides is 1.